The maximum absolute atomic E-state index is 4.66. The molecule has 0 N–H and O–H groups in total. The Morgan fingerprint density at radius 2 is 1.65 bits per heavy atom. The summed E-state index contributed by atoms with van der Waals surface area (Å²) in [4.78, 5) is 22.5. The zero-order chi connectivity index (χ0) is 16.4. The molecule has 1 fully saturated rings. The molecule has 23 heavy (non-hydrogen) atoms. The highest BCUT2D eigenvalue weighted by molar-refractivity contribution is 5.44. The molecule has 1 aliphatic heterocycles. The van der Waals surface area contributed by atoms with E-state index in [2.05, 4.69) is 36.8 Å². The number of anilines is 2. The van der Waals surface area contributed by atoms with Crippen LogP contribution in [-0.4, -0.2) is 46.1 Å². The maximum Gasteiger partial charge on any atom is 0.225 e. The summed E-state index contributed by atoms with van der Waals surface area (Å²) in [6, 6.07) is 0.465. The van der Waals surface area contributed by atoms with Crippen molar-refractivity contribution in [2.75, 3.05) is 29.9 Å². The minimum atomic E-state index is 0.465. The summed E-state index contributed by atoms with van der Waals surface area (Å²) in [5.74, 6) is 1.83. The van der Waals surface area contributed by atoms with E-state index in [-0.39, 0.29) is 0 Å². The van der Waals surface area contributed by atoms with E-state index in [4.69, 9.17) is 0 Å². The molecule has 0 radical (unpaired) electrons. The fraction of sp³-hybridized carbons (Fsp3) is 0.529. The van der Waals surface area contributed by atoms with Crippen LogP contribution in [0.3, 0.4) is 0 Å². The third-order valence-electron chi connectivity index (χ3n) is 4.45. The van der Waals surface area contributed by atoms with Gasteiger partial charge in [0, 0.05) is 44.8 Å². The Kier molecular flexibility index (Phi) is 4.41. The zero-order valence-corrected chi connectivity index (χ0v) is 14.3. The summed E-state index contributed by atoms with van der Waals surface area (Å²) in [7, 11) is 2.09. The Balaban J connectivity index is 1.66. The Labute approximate surface area is 137 Å². The van der Waals surface area contributed by atoms with Crippen molar-refractivity contribution in [3.05, 3.63) is 35.5 Å². The smallest absolute Gasteiger partial charge is 0.225 e. The fourth-order valence-electron chi connectivity index (χ4n) is 3.02. The largest absolute Gasteiger partial charge is 0.355 e. The van der Waals surface area contributed by atoms with Crippen LogP contribution in [0.5, 0.6) is 0 Å². The monoisotopic (exact) mass is 312 g/mol. The predicted molar refractivity (Wildman–Crippen MR) is 91.9 cm³/mol. The van der Waals surface area contributed by atoms with E-state index in [0.29, 0.717) is 6.04 Å². The third-order valence-corrected chi connectivity index (χ3v) is 4.45. The first-order valence-electron chi connectivity index (χ1n) is 8.11. The molecule has 1 aliphatic rings. The van der Waals surface area contributed by atoms with Gasteiger partial charge in [0.15, 0.2) is 0 Å². The third kappa shape index (κ3) is 3.41. The van der Waals surface area contributed by atoms with Crippen molar-refractivity contribution in [2.45, 2.75) is 39.7 Å². The molecule has 6 nitrogen and oxygen atoms in total. The summed E-state index contributed by atoms with van der Waals surface area (Å²) in [6.45, 7) is 8.00. The van der Waals surface area contributed by atoms with Crippen molar-refractivity contribution in [3.8, 4) is 0 Å². The summed E-state index contributed by atoms with van der Waals surface area (Å²) in [5, 5.41) is 0. The molecule has 2 aromatic heterocycles. The Morgan fingerprint density at radius 3 is 2.30 bits per heavy atom. The van der Waals surface area contributed by atoms with E-state index in [1.807, 2.05) is 39.4 Å². The van der Waals surface area contributed by atoms with Gasteiger partial charge in [-0.1, -0.05) is 0 Å². The van der Waals surface area contributed by atoms with Crippen LogP contribution < -0.4 is 9.80 Å². The normalized spacial score (nSPS) is 15.7. The van der Waals surface area contributed by atoms with E-state index in [9.17, 15) is 0 Å². The van der Waals surface area contributed by atoms with Crippen molar-refractivity contribution >= 4 is 11.8 Å². The number of aryl methyl sites for hydroxylation is 3. The van der Waals surface area contributed by atoms with Crippen LogP contribution in [0.4, 0.5) is 11.8 Å². The van der Waals surface area contributed by atoms with E-state index < -0.39 is 0 Å². The van der Waals surface area contributed by atoms with Gasteiger partial charge in [-0.25, -0.2) is 15.0 Å². The molecule has 122 valence electrons. The lowest BCUT2D eigenvalue weighted by Crippen LogP contribution is -2.44. The van der Waals surface area contributed by atoms with Crippen molar-refractivity contribution in [1.29, 1.82) is 0 Å². The molecule has 2 aromatic rings. The van der Waals surface area contributed by atoms with Gasteiger partial charge in [0.2, 0.25) is 5.95 Å². The molecule has 0 amide bonds. The van der Waals surface area contributed by atoms with Gasteiger partial charge in [0.25, 0.3) is 0 Å². The number of aromatic nitrogens is 4. The van der Waals surface area contributed by atoms with Gasteiger partial charge in [0.1, 0.15) is 5.82 Å². The molecule has 3 rings (SSSR count). The highest BCUT2D eigenvalue weighted by Gasteiger charge is 2.25. The summed E-state index contributed by atoms with van der Waals surface area (Å²) in [5.41, 5.74) is 3.06. The number of hydrogen-bond donors (Lipinski definition) is 0. The average Bonchev–Trinajstić information content (AvgIpc) is 2.57. The molecule has 6 heteroatoms. The van der Waals surface area contributed by atoms with Crippen molar-refractivity contribution in [2.24, 2.45) is 0 Å². The first-order valence-corrected chi connectivity index (χ1v) is 8.11. The minimum absolute atomic E-state index is 0.465. The maximum atomic E-state index is 4.66. The predicted octanol–water partition coefficient (Wildman–Crippen LogP) is 2.30. The lowest BCUT2D eigenvalue weighted by molar-refractivity contribution is 0.474. The molecule has 0 atom stereocenters. The molecule has 0 bridgehead atoms. The van der Waals surface area contributed by atoms with Gasteiger partial charge in [-0.3, -0.25) is 4.98 Å². The first kappa shape index (κ1) is 15.6. The summed E-state index contributed by atoms with van der Waals surface area (Å²) < 4.78 is 0. The second kappa shape index (κ2) is 6.48. The van der Waals surface area contributed by atoms with Crippen LogP contribution >= 0.6 is 0 Å². The SMILES string of the molecule is Cc1cnc(N(C)C2CCN(c3nc(C)cnc3C)CC2)nc1. The molecule has 0 saturated carbocycles. The minimum Gasteiger partial charge on any atom is -0.355 e. The molecule has 0 spiro atoms. The first-order chi connectivity index (χ1) is 11.0. The molecular weight excluding hydrogens is 288 g/mol. The second-order valence-electron chi connectivity index (χ2n) is 6.31. The average molecular weight is 312 g/mol. The number of piperidine rings is 1. The number of nitrogens with zero attached hydrogens (tertiary/aromatic N) is 6. The Hall–Kier alpha value is -2.24. The van der Waals surface area contributed by atoms with E-state index >= 15 is 0 Å². The van der Waals surface area contributed by atoms with Crippen LogP contribution in [0.25, 0.3) is 0 Å². The van der Waals surface area contributed by atoms with Gasteiger partial charge < -0.3 is 9.80 Å². The van der Waals surface area contributed by atoms with Crippen molar-refractivity contribution in [3.63, 3.8) is 0 Å². The lowest BCUT2D eigenvalue weighted by Gasteiger charge is -2.37. The molecule has 3 heterocycles. The van der Waals surface area contributed by atoms with Crippen LogP contribution in [0.2, 0.25) is 0 Å². The topological polar surface area (TPSA) is 58.0 Å². The van der Waals surface area contributed by atoms with E-state index in [0.717, 1.165) is 54.6 Å². The highest BCUT2D eigenvalue weighted by atomic mass is 15.3. The fourth-order valence-corrected chi connectivity index (χ4v) is 3.02. The van der Waals surface area contributed by atoms with Gasteiger partial charge in [-0.2, -0.15) is 0 Å². The molecule has 0 aliphatic carbocycles. The van der Waals surface area contributed by atoms with Crippen LogP contribution in [0.15, 0.2) is 18.6 Å². The van der Waals surface area contributed by atoms with Gasteiger partial charge in [-0.05, 0) is 39.2 Å². The summed E-state index contributed by atoms with van der Waals surface area (Å²) in [6.07, 6.45) is 7.72. The van der Waals surface area contributed by atoms with E-state index in [1.165, 1.54) is 0 Å². The van der Waals surface area contributed by atoms with Crippen LogP contribution in [-0.2, 0) is 0 Å². The van der Waals surface area contributed by atoms with Gasteiger partial charge >= 0.3 is 0 Å². The van der Waals surface area contributed by atoms with Gasteiger partial charge in [-0.15, -0.1) is 0 Å². The highest BCUT2D eigenvalue weighted by Crippen LogP contribution is 2.24. The number of hydrogen-bond acceptors (Lipinski definition) is 6. The zero-order valence-electron chi connectivity index (χ0n) is 14.3. The van der Waals surface area contributed by atoms with Crippen molar-refractivity contribution < 1.29 is 0 Å². The molecule has 0 unspecified atom stereocenters. The second-order valence-corrected chi connectivity index (χ2v) is 6.31. The lowest BCUT2D eigenvalue weighted by atomic mass is 10.0. The van der Waals surface area contributed by atoms with E-state index in [1.54, 1.807) is 0 Å². The Bertz CT molecular complexity index is 661. The quantitative estimate of drug-likeness (QED) is 0.867. The van der Waals surface area contributed by atoms with Crippen LogP contribution in [0, 0.1) is 20.8 Å². The summed E-state index contributed by atoms with van der Waals surface area (Å²) >= 11 is 0. The van der Waals surface area contributed by atoms with Crippen molar-refractivity contribution in [1.82, 2.24) is 19.9 Å². The molecule has 0 aromatic carbocycles. The molecule has 1 saturated heterocycles. The standard InChI is InChI=1S/C17H24N6/c1-12-9-19-17(20-10-12)22(4)15-5-7-23(8-6-15)16-14(3)18-11-13(2)21-16/h9-11,15H,5-8H2,1-4H3. The van der Waals surface area contributed by atoms with Crippen LogP contribution in [0.1, 0.15) is 29.8 Å². The van der Waals surface area contributed by atoms with Gasteiger partial charge in [0.05, 0.1) is 11.4 Å². The number of rotatable bonds is 3. The molecular formula is C17H24N6. The Morgan fingerprint density at radius 1 is 1.00 bits per heavy atom.